The number of likely N-dealkylation sites (N-methyl/N-ethyl adjacent to an activating group) is 1. The number of nitrogens with zero attached hydrogens (tertiary/aromatic N) is 2. The van der Waals surface area contributed by atoms with Gasteiger partial charge in [-0.2, -0.15) is 0 Å². The van der Waals surface area contributed by atoms with E-state index in [1.807, 2.05) is 24.4 Å². The van der Waals surface area contributed by atoms with Crippen molar-refractivity contribution in [1.29, 1.82) is 0 Å². The summed E-state index contributed by atoms with van der Waals surface area (Å²) in [5, 5.41) is 1.95. The average Bonchev–Trinajstić information content (AvgIpc) is 2.89. The molecular formula is C12H17N3O2S. The number of hydrogen-bond acceptors (Lipinski definition) is 4. The zero-order valence-corrected chi connectivity index (χ0v) is 11.2. The van der Waals surface area contributed by atoms with Crippen molar-refractivity contribution in [2.45, 2.75) is 13.0 Å². The molecule has 2 amide bonds. The lowest BCUT2D eigenvalue weighted by Crippen LogP contribution is -2.55. The van der Waals surface area contributed by atoms with E-state index in [2.05, 4.69) is 0 Å². The number of amides is 2. The molecule has 1 aromatic rings. The Balaban J connectivity index is 2.18. The van der Waals surface area contributed by atoms with Gasteiger partial charge in [0.15, 0.2) is 0 Å². The minimum Gasteiger partial charge on any atom is -0.333 e. The fourth-order valence-corrected chi connectivity index (χ4v) is 3.02. The molecule has 0 saturated carbocycles. The molecule has 1 saturated heterocycles. The maximum absolute atomic E-state index is 12.1. The Hall–Kier alpha value is -1.40. The number of rotatable bonds is 4. The normalized spacial score (nSPS) is 18.3. The maximum atomic E-state index is 12.1. The molecule has 2 heterocycles. The van der Waals surface area contributed by atoms with E-state index in [1.165, 1.54) is 0 Å². The first-order valence-electron chi connectivity index (χ1n) is 6.02. The van der Waals surface area contributed by atoms with E-state index in [0.717, 1.165) is 4.88 Å². The van der Waals surface area contributed by atoms with Crippen molar-refractivity contribution in [2.75, 3.05) is 26.2 Å². The van der Waals surface area contributed by atoms with E-state index in [1.54, 1.807) is 21.1 Å². The summed E-state index contributed by atoms with van der Waals surface area (Å²) in [6.45, 7) is 3.93. The number of piperazine rings is 1. The van der Waals surface area contributed by atoms with E-state index >= 15 is 0 Å². The SMILES string of the molecule is CCN1CCN(C(CN)c2cccs2)C(=O)C1=O. The van der Waals surface area contributed by atoms with Gasteiger partial charge >= 0.3 is 11.8 Å². The van der Waals surface area contributed by atoms with Gasteiger partial charge in [-0.15, -0.1) is 11.3 Å². The first-order valence-corrected chi connectivity index (χ1v) is 6.90. The lowest BCUT2D eigenvalue weighted by atomic mass is 10.1. The highest BCUT2D eigenvalue weighted by Gasteiger charge is 2.35. The average molecular weight is 267 g/mol. The van der Waals surface area contributed by atoms with Crippen LogP contribution < -0.4 is 5.73 Å². The minimum absolute atomic E-state index is 0.180. The second-order valence-corrected chi connectivity index (χ2v) is 5.13. The summed E-state index contributed by atoms with van der Waals surface area (Å²) in [7, 11) is 0. The molecule has 0 aromatic carbocycles. The number of nitrogens with two attached hydrogens (primary N) is 1. The Morgan fingerprint density at radius 1 is 1.39 bits per heavy atom. The molecule has 1 fully saturated rings. The van der Waals surface area contributed by atoms with Crippen LogP contribution >= 0.6 is 11.3 Å². The van der Waals surface area contributed by atoms with Gasteiger partial charge in [-0.3, -0.25) is 9.59 Å². The van der Waals surface area contributed by atoms with E-state index in [0.29, 0.717) is 26.2 Å². The monoisotopic (exact) mass is 267 g/mol. The van der Waals surface area contributed by atoms with Gasteiger partial charge in [0.2, 0.25) is 0 Å². The van der Waals surface area contributed by atoms with Gasteiger partial charge < -0.3 is 15.5 Å². The molecule has 0 bridgehead atoms. The third-order valence-corrected chi connectivity index (χ3v) is 4.17. The number of thiophene rings is 1. The van der Waals surface area contributed by atoms with E-state index in [4.69, 9.17) is 5.73 Å². The Morgan fingerprint density at radius 2 is 2.17 bits per heavy atom. The van der Waals surface area contributed by atoms with Gasteiger partial charge in [0.25, 0.3) is 0 Å². The molecule has 6 heteroatoms. The smallest absolute Gasteiger partial charge is 0.312 e. The van der Waals surface area contributed by atoms with Crippen molar-refractivity contribution >= 4 is 23.2 Å². The number of carbonyl (C=O) groups is 2. The van der Waals surface area contributed by atoms with Gasteiger partial charge in [-0.05, 0) is 18.4 Å². The van der Waals surface area contributed by atoms with Crippen molar-refractivity contribution in [2.24, 2.45) is 5.73 Å². The Labute approximate surface area is 110 Å². The third kappa shape index (κ3) is 2.26. The van der Waals surface area contributed by atoms with Crippen molar-refractivity contribution < 1.29 is 9.59 Å². The molecular weight excluding hydrogens is 250 g/mol. The Kier molecular flexibility index (Phi) is 3.98. The van der Waals surface area contributed by atoms with Gasteiger partial charge in [0.05, 0.1) is 6.04 Å². The summed E-state index contributed by atoms with van der Waals surface area (Å²) >= 11 is 1.56. The fraction of sp³-hybridized carbons (Fsp3) is 0.500. The molecule has 1 unspecified atom stereocenters. The molecule has 0 aliphatic carbocycles. The lowest BCUT2D eigenvalue weighted by molar-refractivity contribution is -0.157. The minimum atomic E-state index is -0.438. The molecule has 18 heavy (non-hydrogen) atoms. The maximum Gasteiger partial charge on any atom is 0.312 e. The molecule has 1 aromatic heterocycles. The number of hydrogen-bond donors (Lipinski definition) is 1. The predicted octanol–water partition coefficient (Wildman–Crippen LogP) is 0.439. The second kappa shape index (κ2) is 5.49. The topological polar surface area (TPSA) is 66.6 Å². The zero-order valence-electron chi connectivity index (χ0n) is 10.3. The van der Waals surface area contributed by atoms with E-state index in [-0.39, 0.29) is 6.04 Å². The summed E-state index contributed by atoms with van der Waals surface area (Å²) in [6, 6.07) is 3.70. The molecule has 0 spiro atoms. The van der Waals surface area contributed by atoms with Crippen LogP contribution in [0.5, 0.6) is 0 Å². The first kappa shape index (κ1) is 13.0. The molecule has 98 valence electrons. The first-order chi connectivity index (χ1) is 8.69. The van der Waals surface area contributed by atoms with Gasteiger partial charge in [-0.1, -0.05) is 6.07 Å². The highest BCUT2D eigenvalue weighted by molar-refractivity contribution is 7.10. The highest BCUT2D eigenvalue weighted by atomic mass is 32.1. The van der Waals surface area contributed by atoms with Crippen LogP contribution in [-0.2, 0) is 9.59 Å². The van der Waals surface area contributed by atoms with Crippen molar-refractivity contribution in [3.05, 3.63) is 22.4 Å². The molecule has 2 rings (SSSR count). The van der Waals surface area contributed by atoms with Crippen LogP contribution in [0.3, 0.4) is 0 Å². The molecule has 2 N–H and O–H groups in total. The van der Waals surface area contributed by atoms with Crippen LogP contribution in [0.1, 0.15) is 17.8 Å². The summed E-state index contributed by atoms with van der Waals surface area (Å²) in [6.07, 6.45) is 0. The fourth-order valence-electron chi connectivity index (χ4n) is 2.17. The third-order valence-electron chi connectivity index (χ3n) is 3.19. The zero-order chi connectivity index (χ0) is 13.1. The second-order valence-electron chi connectivity index (χ2n) is 4.15. The molecule has 0 radical (unpaired) electrons. The Bertz CT molecular complexity index is 433. The Morgan fingerprint density at radius 3 is 2.72 bits per heavy atom. The summed E-state index contributed by atoms with van der Waals surface area (Å²) < 4.78 is 0. The van der Waals surface area contributed by atoms with Crippen LogP contribution in [0.2, 0.25) is 0 Å². The lowest BCUT2D eigenvalue weighted by Gasteiger charge is -2.37. The summed E-state index contributed by atoms with van der Waals surface area (Å²) in [4.78, 5) is 28.1. The van der Waals surface area contributed by atoms with Gasteiger partial charge in [0.1, 0.15) is 0 Å². The predicted molar refractivity (Wildman–Crippen MR) is 70.1 cm³/mol. The van der Waals surface area contributed by atoms with Crippen LogP contribution in [0.15, 0.2) is 17.5 Å². The van der Waals surface area contributed by atoms with Gasteiger partial charge in [-0.25, -0.2) is 0 Å². The van der Waals surface area contributed by atoms with Crippen LogP contribution in [0.4, 0.5) is 0 Å². The van der Waals surface area contributed by atoms with Crippen LogP contribution in [0, 0.1) is 0 Å². The standard InChI is InChI=1S/C12H17N3O2S/c1-2-14-5-6-15(12(17)11(14)16)9(8-13)10-4-3-7-18-10/h3-4,7,9H,2,5-6,8,13H2,1H3. The van der Waals surface area contributed by atoms with Crippen LogP contribution in [-0.4, -0.2) is 47.8 Å². The molecule has 5 nitrogen and oxygen atoms in total. The van der Waals surface area contributed by atoms with E-state index in [9.17, 15) is 9.59 Å². The molecule has 1 aliphatic heterocycles. The molecule has 1 atom stereocenters. The molecule has 1 aliphatic rings. The summed E-state index contributed by atoms with van der Waals surface area (Å²) in [5.41, 5.74) is 5.76. The van der Waals surface area contributed by atoms with Gasteiger partial charge in [0, 0.05) is 31.1 Å². The van der Waals surface area contributed by atoms with E-state index < -0.39 is 11.8 Å². The number of carbonyl (C=O) groups excluding carboxylic acids is 2. The van der Waals surface area contributed by atoms with Crippen molar-refractivity contribution in [3.8, 4) is 0 Å². The quantitative estimate of drug-likeness (QED) is 0.805. The van der Waals surface area contributed by atoms with Crippen LogP contribution in [0.25, 0.3) is 0 Å². The summed E-state index contributed by atoms with van der Waals surface area (Å²) in [5.74, 6) is -0.856. The van der Waals surface area contributed by atoms with Crippen molar-refractivity contribution in [1.82, 2.24) is 9.80 Å². The highest BCUT2D eigenvalue weighted by Crippen LogP contribution is 2.25. The van der Waals surface area contributed by atoms with Crippen molar-refractivity contribution in [3.63, 3.8) is 0 Å². The largest absolute Gasteiger partial charge is 0.333 e.